The number of carbonyl (C=O) groups excluding carboxylic acids is 1. The first-order chi connectivity index (χ1) is 15.5. The third kappa shape index (κ3) is 5.97. The second-order valence-electron chi connectivity index (χ2n) is 7.88. The van der Waals surface area contributed by atoms with Crippen LogP contribution >= 0.6 is 12.4 Å². The van der Waals surface area contributed by atoms with E-state index in [0.717, 1.165) is 29.4 Å². The van der Waals surface area contributed by atoms with Crippen LogP contribution in [0.25, 0.3) is 22.0 Å². The molecule has 0 spiro atoms. The molecule has 0 atom stereocenters. The van der Waals surface area contributed by atoms with E-state index in [1.54, 1.807) is 24.5 Å². The average Bonchev–Trinajstić information content (AvgIpc) is 2.82. The molecule has 3 aromatic rings. The van der Waals surface area contributed by atoms with E-state index in [2.05, 4.69) is 9.97 Å². The van der Waals surface area contributed by atoms with E-state index in [9.17, 15) is 9.59 Å². The summed E-state index contributed by atoms with van der Waals surface area (Å²) in [5, 5.41) is 9.88. The smallest absolute Gasteiger partial charge is 0.306 e. The number of fused-ring (bicyclic) bond motifs is 1. The lowest BCUT2D eigenvalue weighted by Crippen LogP contribution is -2.27. The van der Waals surface area contributed by atoms with Gasteiger partial charge in [0.25, 0.3) is 5.91 Å². The molecule has 1 fully saturated rings. The van der Waals surface area contributed by atoms with E-state index in [1.807, 2.05) is 24.3 Å². The quantitative estimate of drug-likeness (QED) is 0.478. The molecule has 3 N–H and O–H groups in total. The Morgan fingerprint density at radius 1 is 1.00 bits per heavy atom. The minimum Gasteiger partial charge on any atom is -0.491 e. The highest BCUT2D eigenvalue weighted by molar-refractivity contribution is 5.97. The molecule has 1 aliphatic rings. The lowest BCUT2D eigenvalue weighted by molar-refractivity contribution is -0.143. The molecular formula is C24H26ClN3O5. The lowest BCUT2D eigenvalue weighted by atomic mass is 9.87. The number of nitrogens with two attached hydrogens (primary N) is 1. The summed E-state index contributed by atoms with van der Waals surface area (Å²) in [4.78, 5) is 31.2. The lowest BCUT2D eigenvalue weighted by Gasteiger charge is -2.26. The van der Waals surface area contributed by atoms with Gasteiger partial charge in [-0.1, -0.05) is 12.1 Å². The van der Waals surface area contributed by atoms with Gasteiger partial charge in [0.15, 0.2) is 0 Å². The predicted octanol–water partition coefficient (Wildman–Crippen LogP) is 3.86. The number of aliphatic carboxylic acids is 1. The Kier molecular flexibility index (Phi) is 8.19. The van der Waals surface area contributed by atoms with Crippen molar-refractivity contribution < 1.29 is 24.2 Å². The number of amides is 1. The third-order valence-corrected chi connectivity index (χ3v) is 5.75. The molecule has 0 radical (unpaired) electrons. The zero-order valence-electron chi connectivity index (χ0n) is 18.0. The minimum absolute atomic E-state index is 0. The van der Waals surface area contributed by atoms with E-state index in [4.69, 9.17) is 20.3 Å². The molecule has 2 aromatic heterocycles. The number of hydrogen-bond donors (Lipinski definition) is 2. The average molecular weight is 472 g/mol. The number of carboxylic acids is 1. The van der Waals surface area contributed by atoms with Gasteiger partial charge >= 0.3 is 5.97 Å². The fourth-order valence-electron chi connectivity index (χ4n) is 3.97. The molecule has 0 unspecified atom stereocenters. The van der Waals surface area contributed by atoms with Gasteiger partial charge < -0.3 is 20.3 Å². The van der Waals surface area contributed by atoms with Crippen LogP contribution in [0.3, 0.4) is 0 Å². The Balaban J connectivity index is 0.00000306. The van der Waals surface area contributed by atoms with Crippen molar-refractivity contribution in [3.63, 3.8) is 0 Å². The first-order valence-corrected chi connectivity index (χ1v) is 10.6. The van der Waals surface area contributed by atoms with Crippen LogP contribution in [0.15, 0.2) is 48.8 Å². The summed E-state index contributed by atoms with van der Waals surface area (Å²) >= 11 is 0. The zero-order valence-corrected chi connectivity index (χ0v) is 18.8. The molecule has 33 heavy (non-hydrogen) atoms. The van der Waals surface area contributed by atoms with Crippen molar-refractivity contribution >= 4 is 35.2 Å². The number of aromatic nitrogens is 2. The number of carboxylic acid groups (broad SMARTS) is 1. The number of pyridine rings is 2. The van der Waals surface area contributed by atoms with Crippen molar-refractivity contribution in [3.8, 4) is 16.9 Å². The SMILES string of the molecule is Cl.NC(=O)c1ccc2cncc(-c3ccc(OCCOC4CCC(C(=O)O)CC4)cc3)c2n1. The highest BCUT2D eigenvalue weighted by Gasteiger charge is 2.26. The van der Waals surface area contributed by atoms with Gasteiger partial charge in [-0.2, -0.15) is 0 Å². The van der Waals surface area contributed by atoms with Crippen molar-refractivity contribution in [1.29, 1.82) is 0 Å². The number of nitrogens with zero attached hydrogens (tertiary/aromatic N) is 2. The van der Waals surface area contributed by atoms with Crippen LogP contribution in [0.1, 0.15) is 36.2 Å². The number of hydrogen-bond acceptors (Lipinski definition) is 6. The van der Waals surface area contributed by atoms with Gasteiger partial charge in [0.2, 0.25) is 0 Å². The maximum atomic E-state index is 11.5. The van der Waals surface area contributed by atoms with Crippen molar-refractivity contribution in [2.24, 2.45) is 11.7 Å². The largest absolute Gasteiger partial charge is 0.491 e. The highest BCUT2D eigenvalue weighted by Crippen LogP contribution is 2.28. The fourth-order valence-corrected chi connectivity index (χ4v) is 3.97. The number of benzene rings is 1. The highest BCUT2D eigenvalue weighted by atomic mass is 35.5. The fraction of sp³-hybridized carbons (Fsp3) is 0.333. The number of halogens is 1. The van der Waals surface area contributed by atoms with Crippen LogP contribution in [0.5, 0.6) is 5.75 Å². The van der Waals surface area contributed by atoms with Crippen LogP contribution in [-0.2, 0) is 9.53 Å². The van der Waals surface area contributed by atoms with Gasteiger partial charge in [0.1, 0.15) is 18.1 Å². The molecule has 1 aromatic carbocycles. The van der Waals surface area contributed by atoms with Crippen molar-refractivity contribution in [2.75, 3.05) is 13.2 Å². The Labute approximate surface area is 197 Å². The molecule has 9 heteroatoms. The molecule has 1 aliphatic carbocycles. The Hall–Kier alpha value is -3.23. The van der Waals surface area contributed by atoms with E-state index in [-0.39, 0.29) is 30.1 Å². The first kappa shape index (κ1) is 24.4. The second kappa shape index (κ2) is 11.1. The monoisotopic (exact) mass is 471 g/mol. The van der Waals surface area contributed by atoms with E-state index in [1.165, 1.54) is 0 Å². The summed E-state index contributed by atoms with van der Waals surface area (Å²) in [5.74, 6) is -0.806. The number of rotatable bonds is 8. The molecule has 4 rings (SSSR count). The third-order valence-electron chi connectivity index (χ3n) is 5.75. The van der Waals surface area contributed by atoms with Crippen LogP contribution in [-0.4, -0.2) is 46.3 Å². The number of primary amides is 1. The van der Waals surface area contributed by atoms with Crippen molar-refractivity contribution in [1.82, 2.24) is 9.97 Å². The first-order valence-electron chi connectivity index (χ1n) is 10.6. The van der Waals surface area contributed by atoms with Gasteiger partial charge in [0, 0.05) is 23.3 Å². The van der Waals surface area contributed by atoms with Crippen molar-refractivity contribution in [2.45, 2.75) is 31.8 Å². The minimum atomic E-state index is -0.710. The Morgan fingerprint density at radius 3 is 2.39 bits per heavy atom. The molecular weight excluding hydrogens is 446 g/mol. The van der Waals surface area contributed by atoms with E-state index < -0.39 is 11.9 Å². The molecule has 0 aliphatic heterocycles. The molecule has 0 bridgehead atoms. The van der Waals surface area contributed by atoms with E-state index in [0.29, 0.717) is 37.3 Å². The Bertz CT molecular complexity index is 1110. The summed E-state index contributed by atoms with van der Waals surface area (Å²) in [6.07, 6.45) is 6.40. The second-order valence-corrected chi connectivity index (χ2v) is 7.88. The van der Waals surface area contributed by atoms with Gasteiger partial charge in [-0.3, -0.25) is 14.6 Å². The maximum absolute atomic E-state index is 11.5. The molecule has 174 valence electrons. The van der Waals surface area contributed by atoms with Crippen molar-refractivity contribution in [3.05, 3.63) is 54.5 Å². The summed E-state index contributed by atoms with van der Waals surface area (Å²) in [6.45, 7) is 0.870. The zero-order chi connectivity index (χ0) is 22.5. The van der Waals surface area contributed by atoms with Crippen LogP contribution in [0, 0.1) is 5.92 Å². The molecule has 1 saturated carbocycles. The Morgan fingerprint density at radius 2 is 1.73 bits per heavy atom. The topological polar surface area (TPSA) is 125 Å². The van der Waals surface area contributed by atoms with Gasteiger partial charge in [0.05, 0.1) is 24.1 Å². The van der Waals surface area contributed by atoms with Crippen LogP contribution in [0.4, 0.5) is 0 Å². The van der Waals surface area contributed by atoms with Gasteiger partial charge in [-0.05, 0) is 55.5 Å². The van der Waals surface area contributed by atoms with Crippen LogP contribution < -0.4 is 10.5 Å². The summed E-state index contributed by atoms with van der Waals surface area (Å²) in [6, 6.07) is 10.9. The molecule has 2 heterocycles. The standard InChI is InChI=1S/C24H25N3O5.ClH/c25-23(28)21-10-5-17-13-26-14-20(22(17)27-21)15-1-6-18(7-2-15)31-11-12-32-19-8-3-16(4-9-19)24(29)30;/h1-2,5-7,10,13-14,16,19H,3-4,8-9,11-12H2,(H2,25,28)(H,29,30);1H. The molecule has 0 saturated heterocycles. The van der Waals surface area contributed by atoms with E-state index >= 15 is 0 Å². The summed E-state index contributed by atoms with van der Waals surface area (Å²) in [5.41, 5.74) is 7.94. The normalized spacial score (nSPS) is 17.8. The number of ether oxygens (including phenoxy) is 2. The maximum Gasteiger partial charge on any atom is 0.306 e. The molecule has 1 amide bonds. The van der Waals surface area contributed by atoms with Gasteiger partial charge in [-0.25, -0.2) is 4.98 Å². The van der Waals surface area contributed by atoms with Crippen LogP contribution in [0.2, 0.25) is 0 Å². The number of carbonyl (C=O) groups is 2. The predicted molar refractivity (Wildman–Crippen MR) is 126 cm³/mol. The molecule has 8 nitrogen and oxygen atoms in total. The summed E-state index contributed by atoms with van der Waals surface area (Å²) in [7, 11) is 0. The summed E-state index contributed by atoms with van der Waals surface area (Å²) < 4.78 is 11.6. The van der Waals surface area contributed by atoms with Gasteiger partial charge in [-0.15, -0.1) is 12.4 Å².